The Labute approximate surface area is 195 Å². The molecule has 2 atom stereocenters. The van der Waals surface area contributed by atoms with Crippen LogP contribution in [0.5, 0.6) is 0 Å². The van der Waals surface area contributed by atoms with Gasteiger partial charge >= 0.3 is 0 Å². The first-order valence-electron chi connectivity index (χ1n) is 11.2. The zero-order valence-corrected chi connectivity index (χ0v) is 19.4. The third kappa shape index (κ3) is 8.00. The molecule has 8 heteroatoms. The average Bonchev–Trinajstić information content (AvgIpc) is 2.83. The average molecular weight is 454 g/mol. The van der Waals surface area contributed by atoms with Gasteiger partial charge in [-0.2, -0.15) is 0 Å². The molecule has 0 heterocycles. The Morgan fingerprint density at radius 2 is 1.30 bits per heavy atom. The van der Waals surface area contributed by atoms with E-state index < -0.39 is 5.91 Å². The highest BCUT2D eigenvalue weighted by Crippen LogP contribution is 2.23. The number of carbonyl (C=O) groups excluding carboxylic acids is 3. The van der Waals surface area contributed by atoms with Crippen LogP contribution in [0.2, 0.25) is 0 Å². The van der Waals surface area contributed by atoms with Crippen molar-refractivity contribution in [2.75, 3.05) is 32.7 Å². The van der Waals surface area contributed by atoms with Crippen molar-refractivity contribution in [3.8, 4) is 0 Å². The van der Waals surface area contributed by atoms with Crippen molar-refractivity contribution in [2.45, 2.75) is 32.4 Å². The van der Waals surface area contributed by atoms with Gasteiger partial charge in [0.15, 0.2) is 0 Å². The van der Waals surface area contributed by atoms with Crippen molar-refractivity contribution < 1.29 is 14.4 Å². The van der Waals surface area contributed by atoms with Crippen LogP contribution in [0, 0.1) is 0 Å². The van der Waals surface area contributed by atoms with Crippen molar-refractivity contribution in [2.24, 2.45) is 11.5 Å². The van der Waals surface area contributed by atoms with Gasteiger partial charge in [-0.15, -0.1) is 0 Å². The maximum atomic E-state index is 13.4. The first-order valence-corrected chi connectivity index (χ1v) is 11.2. The summed E-state index contributed by atoms with van der Waals surface area (Å²) in [5, 5.41) is 3.09. The highest BCUT2D eigenvalue weighted by atomic mass is 16.2. The monoisotopic (exact) mass is 453 g/mol. The van der Waals surface area contributed by atoms with Crippen LogP contribution in [0.1, 0.15) is 43.5 Å². The maximum absolute atomic E-state index is 13.4. The molecule has 178 valence electrons. The van der Waals surface area contributed by atoms with Gasteiger partial charge in [-0.25, -0.2) is 0 Å². The van der Waals surface area contributed by atoms with Gasteiger partial charge < -0.3 is 26.6 Å². The lowest BCUT2D eigenvalue weighted by molar-refractivity contribution is -0.144. The number of carbonyl (C=O) groups is 3. The van der Waals surface area contributed by atoms with Crippen LogP contribution in [0.3, 0.4) is 0 Å². The molecule has 0 aliphatic rings. The lowest BCUT2D eigenvalue weighted by Crippen LogP contribution is -2.49. The van der Waals surface area contributed by atoms with Gasteiger partial charge in [-0.3, -0.25) is 14.4 Å². The topological polar surface area (TPSA) is 122 Å². The van der Waals surface area contributed by atoms with E-state index in [-0.39, 0.29) is 43.5 Å². The van der Waals surface area contributed by atoms with Crippen molar-refractivity contribution >= 4 is 17.7 Å². The lowest BCUT2D eigenvalue weighted by Gasteiger charge is -2.34. The Kier molecular flexibility index (Phi) is 10.5. The van der Waals surface area contributed by atoms with Crippen LogP contribution in [0.4, 0.5) is 0 Å². The fourth-order valence-electron chi connectivity index (χ4n) is 3.63. The Bertz CT molecular complexity index is 891. The second-order valence-electron chi connectivity index (χ2n) is 8.00. The molecule has 0 aliphatic carbocycles. The predicted octanol–water partition coefficient (Wildman–Crippen LogP) is 1.59. The SMILES string of the molecule is C[C@H](c1ccccc1)N(CC(N)=O)C(=O)CN(C(=O)CNCCCN)[C@@H](C)c1ccccc1. The van der Waals surface area contributed by atoms with Crippen LogP contribution in [0.15, 0.2) is 60.7 Å². The Hall–Kier alpha value is -3.23. The first-order chi connectivity index (χ1) is 15.8. The van der Waals surface area contributed by atoms with E-state index in [1.165, 1.54) is 4.90 Å². The van der Waals surface area contributed by atoms with Gasteiger partial charge in [0.05, 0.1) is 25.2 Å². The van der Waals surface area contributed by atoms with Crippen LogP contribution >= 0.6 is 0 Å². The number of hydrogen-bond donors (Lipinski definition) is 3. The molecule has 0 radical (unpaired) electrons. The third-order valence-electron chi connectivity index (χ3n) is 5.61. The number of nitrogens with one attached hydrogen (secondary N) is 1. The highest BCUT2D eigenvalue weighted by molar-refractivity contribution is 5.89. The summed E-state index contributed by atoms with van der Waals surface area (Å²) in [5.74, 6) is -1.16. The van der Waals surface area contributed by atoms with Gasteiger partial charge in [0, 0.05) is 0 Å². The minimum Gasteiger partial charge on any atom is -0.368 e. The number of rotatable bonds is 13. The molecule has 0 spiro atoms. The summed E-state index contributed by atoms with van der Waals surface area (Å²) in [5.41, 5.74) is 12.8. The van der Waals surface area contributed by atoms with Gasteiger partial charge in [-0.05, 0) is 44.5 Å². The molecule has 0 aliphatic heterocycles. The summed E-state index contributed by atoms with van der Waals surface area (Å²) in [6.45, 7) is 4.57. The van der Waals surface area contributed by atoms with Crippen LogP contribution in [0.25, 0.3) is 0 Å². The standard InChI is InChI=1S/C25H35N5O3/c1-19(21-10-5-3-6-11-21)29(17-23(27)31)25(33)18-30(24(32)16-28-15-9-14-26)20(2)22-12-7-4-8-13-22/h3-8,10-13,19-20,28H,9,14-18,26H2,1-2H3,(H2,27,31)/t19-,20+/m1/s1. The number of primary amides is 1. The van der Waals surface area contributed by atoms with E-state index in [2.05, 4.69) is 5.32 Å². The van der Waals surface area contributed by atoms with E-state index in [9.17, 15) is 14.4 Å². The molecular weight excluding hydrogens is 418 g/mol. The molecule has 0 unspecified atom stereocenters. The summed E-state index contributed by atoms with van der Waals surface area (Å²) in [6, 6.07) is 18.2. The quantitative estimate of drug-likeness (QED) is 0.398. The van der Waals surface area contributed by atoms with Crippen molar-refractivity contribution in [1.29, 1.82) is 0 Å². The second kappa shape index (κ2) is 13.3. The predicted molar refractivity (Wildman–Crippen MR) is 129 cm³/mol. The maximum Gasteiger partial charge on any atom is 0.243 e. The summed E-state index contributed by atoms with van der Waals surface area (Å²) in [4.78, 5) is 41.2. The molecule has 33 heavy (non-hydrogen) atoms. The van der Waals surface area contributed by atoms with Crippen molar-refractivity contribution in [3.05, 3.63) is 71.8 Å². The molecular formula is C25H35N5O3. The fourth-order valence-corrected chi connectivity index (χ4v) is 3.63. The van der Waals surface area contributed by atoms with E-state index in [1.54, 1.807) is 4.90 Å². The molecule has 0 bridgehead atoms. The van der Waals surface area contributed by atoms with Gasteiger partial charge in [-0.1, -0.05) is 60.7 Å². The molecule has 8 nitrogen and oxygen atoms in total. The zero-order chi connectivity index (χ0) is 24.2. The minimum absolute atomic E-state index is 0.0918. The second-order valence-corrected chi connectivity index (χ2v) is 8.00. The summed E-state index contributed by atoms with van der Waals surface area (Å²) in [7, 11) is 0. The van der Waals surface area contributed by atoms with E-state index in [0.29, 0.717) is 13.1 Å². The molecule has 0 aromatic heterocycles. The number of nitrogens with zero attached hydrogens (tertiary/aromatic N) is 2. The molecule has 5 N–H and O–H groups in total. The van der Waals surface area contributed by atoms with E-state index >= 15 is 0 Å². The molecule has 2 aromatic rings. The smallest absolute Gasteiger partial charge is 0.243 e. The van der Waals surface area contributed by atoms with Gasteiger partial charge in [0.2, 0.25) is 17.7 Å². The zero-order valence-electron chi connectivity index (χ0n) is 19.4. The number of nitrogens with two attached hydrogens (primary N) is 2. The fraction of sp³-hybridized carbons (Fsp3) is 0.400. The molecule has 3 amide bonds. The van der Waals surface area contributed by atoms with Crippen LogP contribution in [-0.4, -0.2) is 60.2 Å². The molecule has 0 saturated heterocycles. The largest absolute Gasteiger partial charge is 0.368 e. The highest BCUT2D eigenvalue weighted by Gasteiger charge is 2.29. The van der Waals surface area contributed by atoms with Gasteiger partial charge in [0.1, 0.15) is 6.54 Å². The Morgan fingerprint density at radius 1 is 0.818 bits per heavy atom. The first kappa shape index (κ1) is 26.0. The van der Waals surface area contributed by atoms with Crippen molar-refractivity contribution in [1.82, 2.24) is 15.1 Å². The van der Waals surface area contributed by atoms with E-state index in [0.717, 1.165) is 17.5 Å². The number of hydrogen-bond acceptors (Lipinski definition) is 5. The molecule has 2 aromatic carbocycles. The minimum atomic E-state index is -0.608. The molecule has 2 rings (SSSR count). The Morgan fingerprint density at radius 3 is 1.76 bits per heavy atom. The molecule has 0 fully saturated rings. The van der Waals surface area contributed by atoms with Crippen LogP contribution in [-0.2, 0) is 14.4 Å². The van der Waals surface area contributed by atoms with Crippen molar-refractivity contribution in [3.63, 3.8) is 0 Å². The van der Waals surface area contributed by atoms with Crippen LogP contribution < -0.4 is 16.8 Å². The van der Waals surface area contributed by atoms with Gasteiger partial charge in [0.25, 0.3) is 0 Å². The third-order valence-corrected chi connectivity index (χ3v) is 5.61. The summed E-state index contributed by atoms with van der Waals surface area (Å²) >= 11 is 0. The molecule has 0 saturated carbocycles. The number of amides is 3. The summed E-state index contributed by atoms with van der Waals surface area (Å²) in [6.07, 6.45) is 0.751. The van der Waals surface area contributed by atoms with E-state index in [1.807, 2.05) is 74.5 Å². The lowest BCUT2D eigenvalue weighted by atomic mass is 10.1. The van der Waals surface area contributed by atoms with E-state index in [4.69, 9.17) is 11.5 Å². The Balaban J connectivity index is 2.25. The normalized spacial score (nSPS) is 12.6. The summed E-state index contributed by atoms with van der Waals surface area (Å²) < 4.78 is 0. The number of benzene rings is 2.